The van der Waals surface area contributed by atoms with Crippen LogP contribution in [0.5, 0.6) is 0 Å². The van der Waals surface area contributed by atoms with E-state index in [2.05, 4.69) is 12.2 Å². The van der Waals surface area contributed by atoms with Gasteiger partial charge in [0.25, 0.3) is 5.91 Å². The highest BCUT2D eigenvalue weighted by atomic mass is 32.1. The van der Waals surface area contributed by atoms with Crippen LogP contribution < -0.4 is 5.32 Å². The van der Waals surface area contributed by atoms with Crippen molar-refractivity contribution < 1.29 is 18.7 Å². The highest BCUT2D eigenvalue weighted by molar-refractivity contribution is 7.10. The molecule has 2 heterocycles. The molecule has 3 rings (SSSR count). The quantitative estimate of drug-likeness (QED) is 0.854. The Morgan fingerprint density at radius 3 is 3.13 bits per heavy atom. The summed E-state index contributed by atoms with van der Waals surface area (Å²) < 4.78 is 10.3. The van der Waals surface area contributed by atoms with Crippen LogP contribution in [0.3, 0.4) is 0 Å². The summed E-state index contributed by atoms with van der Waals surface area (Å²) >= 11 is 1.61. The van der Waals surface area contributed by atoms with Gasteiger partial charge in [0.05, 0.1) is 18.4 Å². The summed E-state index contributed by atoms with van der Waals surface area (Å²) in [6.07, 6.45) is 4.57. The van der Waals surface area contributed by atoms with Gasteiger partial charge in [-0.3, -0.25) is 4.79 Å². The molecule has 5 nitrogen and oxygen atoms in total. The Morgan fingerprint density at radius 1 is 1.48 bits per heavy atom. The normalized spacial score (nSPS) is 16.7. The molecule has 1 aliphatic rings. The van der Waals surface area contributed by atoms with Crippen LogP contribution in [-0.4, -0.2) is 18.5 Å². The van der Waals surface area contributed by atoms with Crippen LogP contribution in [-0.2, 0) is 28.9 Å². The van der Waals surface area contributed by atoms with Crippen molar-refractivity contribution in [1.82, 2.24) is 5.32 Å². The monoisotopic (exact) mass is 333 g/mol. The summed E-state index contributed by atoms with van der Waals surface area (Å²) in [6, 6.07) is 3.52. The van der Waals surface area contributed by atoms with Gasteiger partial charge in [-0.25, -0.2) is 4.79 Å². The highest BCUT2D eigenvalue weighted by Crippen LogP contribution is 2.33. The minimum Gasteiger partial charge on any atom is -0.467 e. The van der Waals surface area contributed by atoms with Crippen LogP contribution in [0, 0.1) is 5.92 Å². The number of nitrogens with one attached hydrogen (secondary N) is 1. The molecule has 0 aromatic carbocycles. The number of esters is 1. The van der Waals surface area contributed by atoms with Crippen molar-refractivity contribution in [2.75, 3.05) is 6.61 Å². The molecule has 2 aromatic rings. The Hall–Kier alpha value is -2.08. The molecule has 23 heavy (non-hydrogen) atoms. The number of amides is 1. The van der Waals surface area contributed by atoms with Crippen LogP contribution in [0.25, 0.3) is 0 Å². The maximum absolute atomic E-state index is 12.2. The fraction of sp³-hybridized carbons (Fsp3) is 0.412. The molecule has 6 heteroatoms. The molecule has 1 atom stereocenters. The Kier molecular flexibility index (Phi) is 4.81. The predicted molar refractivity (Wildman–Crippen MR) is 86.3 cm³/mol. The number of ether oxygens (including phenoxy) is 1. The number of hydrogen-bond donors (Lipinski definition) is 1. The first-order chi connectivity index (χ1) is 11.1. The smallest absolute Gasteiger partial charge is 0.339 e. The molecule has 0 aliphatic heterocycles. The maximum Gasteiger partial charge on any atom is 0.339 e. The van der Waals surface area contributed by atoms with Crippen molar-refractivity contribution in [2.24, 2.45) is 5.92 Å². The van der Waals surface area contributed by atoms with Gasteiger partial charge in [0.1, 0.15) is 5.76 Å². The Balaban J connectivity index is 1.50. The van der Waals surface area contributed by atoms with E-state index in [9.17, 15) is 9.59 Å². The molecule has 2 aromatic heterocycles. The van der Waals surface area contributed by atoms with Gasteiger partial charge < -0.3 is 14.5 Å². The standard InChI is InChI=1S/C17H19NO4S/c1-11-4-5-13-14(10-23-15(13)7-11)17(20)22-9-16(19)18-8-12-3-2-6-21-12/h2-3,6,10-11H,4-5,7-9H2,1H3,(H,18,19). The van der Waals surface area contributed by atoms with E-state index in [0.717, 1.165) is 24.8 Å². The van der Waals surface area contributed by atoms with E-state index in [1.807, 2.05) is 5.38 Å². The van der Waals surface area contributed by atoms with E-state index in [-0.39, 0.29) is 19.1 Å². The van der Waals surface area contributed by atoms with Crippen molar-refractivity contribution in [3.8, 4) is 0 Å². The van der Waals surface area contributed by atoms with E-state index in [1.54, 1.807) is 29.7 Å². The van der Waals surface area contributed by atoms with Gasteiger partial charge in [-0.1, -0.05) is 6.92 Å². The molecule has 122 valence electrons. The largest absolute Gasteiger partial charge is 0.467 e. The lowest BCUT2D eigenvalue weighted by Crippen LogP contribution is -2.28. The lowest BCUT2D eigenvalue weighted by molar-refractivity contribution is -0.124. The topological polar surface area (TPSA) is 68.5 Å². The molecule has 0 saturated carbocycles. The average molecular weight is 333 g/mol. The molecule has 0 bridgehead atoms. The number of carbonyl (C=O) groups excluding carboxylic acids is 2. The fourth-order valence-corrected chi connectivity index (χ4v) is 3.94. The highest BCUT2D eigenvalue weighted by Gasteiger charge is 2.24. The SMILES string of the molecule is CC1CCc2c(C(=O)OCC(=O)NCc3ccco3)csc2C1. The minimum absolute atomic E-state index is 0.277. The number of hydrogen-bond acceptors (Lipinski definition) is 5. The molecule has 0 saturated heterocycles. The molecule has 1 amide bonds. The minimum atomic E-state index is -0.412. The predicted octanol–water partition coefficient (Wildman–Crippen LogP) is 2.94. The molecule has 1 aliphatic carbocycles. The van der Waals surface area contributed by atoms with Crippen molar-refractivity contribution in [3.63, 3.8) is 0 Å². The van der Waals surface area contributed by atoms with E-state index in [0.29, 0.717) is 17.2 Å². The lowest BCUT2D eigenvalue weighted by Gasteiger charge is -2.18. The lowest BCUT2D eigenvalue weighted by atomic mass is 9.88. The van der Waals surface area contributed by atoms with Crippen molar-refractivity contribution in [3.05, 3.63) is 45.5 Å². The van der Waals surface area contributed by atoms with Crippen LogP contribution in [0.15, 0.2) is 28.2 Å². The third kappa shape index (κ3) is 3.82. The van der Waals surface area contributed by atoms with Gasteiger partial charge in [-0.2, -0.15) is 0 Å². The summed E-state index contributed by atoms with van der Waals surface area (Å²) in [6.45, 7) is 2.24. The van der Waals surface area contributed by atoms with Gasteiger partial charge in [-0.15, -0.1) is 11.3 Å². The summed E-state index contributed by atoms with van der Waals surface area (Å²) in [7, 11) is 0. The van der Waals surface area contributed by atoms with Crippen LogP contribution in [0.4, 0.5) is 0 Å². The van der Waals surface area contributed by atoms with Crippen LogP contribution in [0.2, 0.25) is 0 Å². The van der Waals surface area contributed by atoms with Gasteiger partial charge in [0.2, 0.25) is 0 Å². The fourth-order valence-electron chi connectivity index (χ4n) is 2.71. The molecular formula is C17H19NO4S. The molecule has 0 fully saturated rings. The zero-order valence-corrected chi connectivity index (χ0v) is 13.8. The van der Waals surface area contributed by atoms with Gasteiger partial charge in [0, 0.05) is 10.3 Å². The third-order valence-corrected chi connectivity index (χ3v) is 5.05. The summed E-state index contributed by atoms with van der Waals surface area (Å²) in [5.41, 5.74) is 1.73. The van der Waals surface area contributed by atoms with E-state index in [1.165, 1.54) is 4.88 Å². The van der Waals surface area contributed by atoms with Gasteiger partial charge >= 0.3 is 5.97 Å². The number of thiophene rings is 1. The van der Waals surface area contributed by atoms with Gasteiger partial charge in [-0.05, 0) is 42.9 Å². The molecule has 1 N–H and O–H groups in total. The third-order valence-electron chi connectivity index (χ3n) is 4.00. The first kappa shape index (κ1) is 15.8. The number of rotatable bonds is 5. The zero-order chi connectivity index (χ0) is 16.2. The van der Waals surface area contributed by atoms with Crippen LogP contribution in [0.1, 0.15) is 39.9 Å². The second-order valence-electron chi connectivity index (χ2n) is 5.83. The Morgan fingerprint density at radius 2 is 2.35 bits per heavy atom. The van der Waals surface area contributed by atoms with Crippen molar-refractivity contribution >= 4 is 23.2 Å². The first-order valence-corrected chi connectivity index (χ1v) is 8.57. The Labute approximate surface area is 138 Å². The summed E-state index contributed by atoms with van der Waals surface area (Å²) in [5.74, 6) is 0.570. The van der Waals surface area contributed by atoms with E-state index < -0.39 is 5.97 Å². The molecule has 0 spiro atoms. The molecular weight excluding hydrogens is 314 g/mol. The van der Waals surface area contributed by atoms with Gasteiger partial charge in [0.15, 0.2) is 6.61 Å². The first-order valence-electron chi connectivity index (χ1n) is 7.69. The second kappa shape index (κ2) is 7.00. The number of furan rings is 1. The number of fused-ring (bicyclic) bond motifs is 1. The zero-order valence-electron chi connectivity index (χ0n) is 13.0. The second-order valence-corrected chi connectivity index (χ2v) is 6.80. The van der Waals surface area contributed by atoms with Crippen LogP contribution >= 0.6 is 11.3 Å². The average Bonchev–Trinajstić information content (AvgIpc) is 3.19. The van der Waals surface area contributed by atoms with Crippen molar-refractivity contribution in [1.29, 1.82) is 0 Å². The summed E-state index contributed by atoms with van der Waals surface area (Å²) in [5, 5.41) is 4.50. The van der Waals surface area contributed by atoms with E-state index in [4.69, 9.17) is 9.15 Å². The van der Waals surface area contributed by atoms with E-state index >= 15 is 0 Å². The maximum atomic E-state index is 12.2. The van der Waals surface area contributed by atoms with Crippen molar-refractivity contribution in [2.45, 2.75) is 32.7 Å². The molecule has 1 unspecified atom stereocenters. The molecule has 0 radical (unpaired) electrons. The number of carbonyl (C=O) groups is 2. The Bertz CT molecular complexity index is 690. The summed E-state index contributed by atoms with van der Waals surface area (Å²) in [4.78, 5) is 25.2.